The molecule has 2 N–H and O–H groups in total. The number of nitrogens with zero attached hydrogens (tertiary/aromatic N) is 2. The molecule has 1 aromatic carbocycles. The Balaban J connectivity index is 0.00000243. The van der Waals surface area contributed by atoms with E-state index in [1.165, 1.54) is 0 Å². The number of carbonyl (C=O) groups is 1. The van der Waals surface area contributed by atoms with Crippen molar-refractivity contribution in [2.45, 2.75) is 37.6 Å². The van der Waals surface area contributed by atoms with Crippen LogP contribution in [0.25, 0.3) is 0 Å². The predicted octanol–water partition coefficient (Wildman–Crippen LogP) is 1.95. The van der Waals surface area contributed by atoms with Crippen LogP contribution in [0.2, 0.25) is 0 Å². The number of hydrogen-bond acceptors (Lipinski definition) is 4. The topological polar surface area (TPSA) is 83.7 Å². The summed E-state index contributed by atoms with van der Waals surface area (Å²) in [6.45, 7) is 6.49. The molecule has 0 bridgehead atoms. The number of hydrogen-bond donors (Lipinski definition) is 1. The van der Waals surface area contributed by atoms with Crippen molar-refractivity contribution >= 4 is 28.3 Å². The molecule has 2 aliphatic rings. The van der Waals surface area contributed by atoms with E-state index >= 15 is 0 Å². The molecule has 26 heavy (non-hydrogen) atoms. The molecule has 2 heterocycles. The molecule has 1 amide bonds. The Kier molecular flexibility index (Phi) is 6.71. The van der Waals surface area contributed by atoms with Crippen LogP contribution in [0.1, 0.15) is 37.0 Å². The zero-order valence-electron chi connectivity index (χ0n) is 15.3. The third kappa shape index (κ3) is 4.39. The van der Waals surface area contributed by atoms with E-state index in [9.17, 15) is 13.2 Å². The molecule has 3 atom stereocenters. The second-order valence-corrected chi connectivity index (χ2v) is 9.53. The van der Waals surface area contributed by atoms with Crippen molar-refractivity contribution in [1.29, 1.82) is 0 Å². The van der Waals surface area contributed by atoms with Crippen LogP contribution in [0.3, 0.4) is 0 Å². The van der Waals surface area contributed by atoms with Crippen molar-refractivity contribution in [2.24, 2.45) is 17.6 Å². The van der Waals surface area contributed by atoms with Crippen molar-refractivity contribution in [1.82, 2.24) is 9.21 Å². The van der Waals surface area contributed by atoms with Gasteiger partial charge in [-0.05, 0) is 48.9 Å². The average Bonchev–Trinajstić information content (AvgIpc) is 3.00. The maximum atomic E-state index is 12.9. The third-order valence-corrected chi connectivity index (χ3v) is 6.93. The maximum Gasteiger partial charge on any atom is 0.253 e. The van der Waals surface area contributed by atoms with Gasteiger partial charge in [0.2, 0.25) is 10.0 Å². The molecular weight excluding hydrogens is 374 g/mol. The molecule has 0 radical (unpaired) electrons. The second kappa shape index (κ2) is 8.25. The Hall–Kier alpha value is -1.15. The molecule has 6 nitrogen and oxygen atoms in total. The molecule has 2 fully saturated rings. The van der Waals surface area contributed by atoms with Crippen LogP contribution in [0.4, 0.5) is 0 Å². The Morgan fingerprint density at radius 2 is 1.65 bits per heavy atom. The minimum atomic E-state index is -3.51. The van der Waals surface area contributed by atoms with E-state index in [4.69, 9.17) is 5.73 Å². The molecule has 2 aliphatic heterocycles. The number of halogens is 1. The summed E-state index contributed by atoms with van der Waals surface area (Å²) in [6.07, 6.45) is 1.86. The predicted molar refractivity (Wildman–Crippen MR) is 104 cm³/mol. The summed E-state index contributed by atoms with van der Waals surface area (Å²) in [4.78, 5) is 14.4. The van der Waals surface area contributed by atoms with Crippen LogP contribution in [-0.2, 0) is 10.0 Å². The summed E-state index contributed by atoms with van der Waals surface area (Å²) >= 11 is 0. The number of carbonyl (C=O) groups excluding carboxylic acids is 1. The lowest BCUT2D eigenvalue weighted by atomic mass is 9.94. The normalized spacial score (nSPS) is 27.2. The first-order valence-corrected chi connectivity index (χ1v) is 10.4. The first-order chi connectivity index (χ1) is 11.8. The lowest BCUT2D eigenvalue weighted by molar-refractivity contribution is 0.0791. The third-order valence-electron chi connectivity index (χ3n) is 5.09. The van der Waals surface area contributed by atoms with Gasteiger partial charge in [-0.2, -0.15) is 4.31 Å². The number of likely N-dealkylation sites (tertiary alicyclic amines) is 1. The van der Waals surface area contributed by atoms with Crippen LogP contribution < -0.4 is 5.73 Å². The smallest absolute Gasteiger partial charge is 0.253 e. The van der Waals surface area contributed by atoms with Crippen molar-refractivity contribution in [3.8, 4) is 0 Å². The van der Waals surface area contributed by atoms with Gasteiger partial charge >= 0.3 is 0 Å². The zero-order chi connectivity index (χ0) is 18.2. The highest BCUT2D eigenvalue weighted by Crippen LogP contribution is 2.27. The molecule has 0 saturated carbocycles. The maximum absolute atomic E-state index is 12.9. The van der Waals surface area contributed by atoms with Crippen molar-refractivity contribution < 1.29 is 13.2 Å². The highest BCUT2D eigenvalue weighted by atomic mass is 35.5. The van der Waals surface area contributed by atoms with Gasteiger partial charge in [0.1, 0.15) is 0 Å². The minimum absolute atomic E-state index is 0. The first-order valence-electron chi connectivity index (χ1n) is 8.92. The lowest BCUT2D eigenvalue weighted by Gasteiger charge is -2.34. The summed E-state index contributed by atoms with van der Waals surface area (Å²) in [5, 5.41) is 0. The molecule has 0 spiro atoms. The van der Waals surface area contributed by atoms with Gasteiger partial charge in [0.15, 0.2) is 0 Å². The number of sulfonamides is 1. The molecule has 3 rings (SSSR count). The van der Waals surface area contributed by atoms with Gasteiger partial charge in [0.05, 0.1) is 4.90 Å². The standard InChI is InChI=1S/C18H27N3O3S.ClH/c1-13-9-14(2)11-21(10-13)25(23,24)17-5-3-15(4-6-17)18(22)20-8-7-16(19)12-20;/h3-6,13-14,16H,7-12,19H2,1-2H3;1H/t13?,14?,16-;/m1./s1. The van der Waals surface area contributed by atoms with Crippen LogP contribution in [0.5, 0.6) is 0 Å². The largest absolute Gasteiger partial charge is 0.337 e. The Labute approximate surface area is 162 Å². The Bertz CT molecular complexity index is 729. The van der Waals surface area contributed by atoms with E-state index in [1.54, 1.807) is 33.5 Å². The van der Waals surface area contributed by atoms with Gasteiger partial charge in [0, 0.05) is 37.8 Å². The quantitative estimate of drug-likeness (QED) is 0.838. The summed E-state index contributed by atoms with van der Waals surface area (Å²) in [5.41, 5.74) is 6.36. The number of piperidine rings is 1. The van der Waals surface area contributed by atoms with E-state index in [0.29, 0.717) is 43.6 Å². The van der Waals surface area contributed by atoms with Crippen LogP contribution in [-0.4, -0.2) is 55.8 Å². The molecule has 0 aromatic heterocycles. The summed E-state index contributed by atoms with van der Waals surface area (Å²) in [6, 6.07) is 6.34. The second-order valence-electron chi connectivity index (χ2n) is 7.59. The van der Waals surface area contributed by atoms with Gasteiger partial charge in [-0.1, -0.05) is 13.8 Å². The molecule has 8 heteroatoms. The molecular formula is C18H28ClN3O3S. The van der Waals surface area contributed by atoms with Gasteiger partial charge in [-0.15, -0.1) is 12.4 Å². The van der Waals surface area contributed by atoms with E-state index in [1.807, 2.05) is 0 Å². The van der Waals surface area contributed by atoms with Gasteiger partial charge < -0.3 is 10.6 Å². The zero-order valence-corrected chi connectivity index (χ0v) is 16.9. The molecule has 146 valence electrons. The van der Waals surface area contributed by atoms with E-state index in [-0.39, 0.29) is 29.3 Å². The van der Waals surface area contributed by atoms with Crippen LogP contribution in [0.15, 0.2) is 29.2 Å². The Morgan fingerprint density at radius 3 is 2.15 bits per heavy atom. The van der Waals surface area contributed by atoms with Gasteiger partial charge in [-0.3, -0.25) is 4.79 Å². The van der Waals surface area contributed by atoms with Crippen molar-refractivity contribution in [3.63, 3.8) is 0 Å². The van der Waals surface area contributed by atoms with E-state index in [2.05, 4.69) is 13.8 Å². The fourth-order valence-electron chi connectivity index (χ4n) is 3.87. The van der Waals surface area contributed by atoms with Gasteiger partial charge in [-0.25, -0.2) is 8.42 Å². The highest BCUT2D eigenvalue weighted by Gasteiger charge is 2.32. The molecule has 2 saturated heterocycles. The van der Waals surface area contributed by atoms with E-state index < -0.39 is 10.0 Å². The summed E-state index contributed by atoms with van der Waals surface area (Å²) in [5.74, 6) is 0.634. The lowest BCUT2D eigenvalue weighted by Crippen LogP contribution is -2.42. The number of amides is 1. The molecule has 2 unspecified atom stereocenters. The van der Waals surface area contributed by atoms with E-state index in [0.717, 1.165) is 12.8 Å². The Morgan fingerprint density at radius 1 is 1.08 bits per heavy atom. The SMILES string of the molecule is CC1CC(C)CN(S(=O)(=O)c2ccc(C(=O)N3CC[C@@H](N)C3)cc2)C1.Cl. The number of benzene rings is 1. The van der Waals surface area contributed by atoms with Crippen LogP contribution in [0, 0.1) is 11.8 Å². The highest BCUT2D eigenvalue weighted by molar-refractivity contribution is 7.89. The summed E-state index contributed by atoms with van der Waals surface area (Å²) in [7, 11) is -3.51. The minimum Gasteiger partial charge on any atom is -0.337 e. The molecule has 1 aromatic rings. The first kappa shape index (κ1) is 21.2. The number of nitrogens with two attached hydrogens (primary N) is 1. The fourth-order valence-corrected chi connectivity index (χ4v) is 5.55. The molecule has 0 aliphatic carbocycles. The van der Waals surface area contributed by atoms with Crippen LogP contribution >= 0.6 is 12.4 Å². The van der Waals surface area contributed by atoms with Crippen molar-refractivity contribution in [3.05, 3.63) is 29.8 Å². The van der Waals surface area contributed by atoms with Gasteiger partial charge in [0.25, 0.3) is 5.91 Å². The number of rotatable bonds is 3. The van der Waals surface area contributed by atoms with Crippen molar-refractivity contribution in [2.75, 3.05) is 26.2 Å². The monoisotopic (exact) mass is 401 g/mol. The average molecular weight is 402 g/mol. The summed E-state index contributed by atoms with van der Waals surface area (Å²) < 4.78 is 27.3. The fraction of sp³-hybridized carbons (Fsp3) is 0.611.